The summed E-state index contributed by atoms with van der Waals surface area (Å²) in [6, 6.07) is 10.8. The van der Waals surface area contributed by atoms with Gasteiger partial charge in [0.15, 0.2) is 0 Å². The minimum atomic E-state index is -3.82. The molecule has 1 aliphatic rings. The van der Waals surface area contributed by atoms with E-state index in [1.165, 1.54) is 48.5 Å². The number of nitrogens with zero attached hydrogens (tertiary/aromatic N) is 1. The van der Waals surface area contributed by atoms with Gasteiger partial charge in [-0.05, 0) is 61.4 Å². The van der Waals surface area contributed by atoms with Crippen molar-refractivity contribution < 1.29 is 22.3 Å². The van der Waals surface area contributed by atoms with Crippen LogP contribution in [0.1, 0.15) is 23.2 Å². The van der Waals surface area contributed by atoms with Gasteiger partial charge in [0.25, 0.3) is 15.9 Å². The van der Waals surface area contributed by atoms with Crippen molar-refractivity contribution in [2.75, 3.05) is 24.9 Å². The third-order valence-electron chi connectivity index (χ3n) is 4.57. The van der Waals surface area contributed by atoms with Gasteiger partial charge in [-0.15, -0.1) is 0 Å². The first kappa shape index (κ1) is 19.3. The molecular formula is C19H21FN2O4S. The molecule has 27 heavy (non-hydrogen) atoms. The summed E-state index contributed by atoms with van der Waals surface area (Å²) < 4.78 is 45.5. The molecule has 0 atom stereocenters. The third-order valence-corrected chi connectivity index (χ3v) is 5.97. The Bertz CT molecular complexity index is 890. The van der Waals surface area contributed by atoms with Gasteiger partial charge in [-0.25, -0.2) is 12.8 Å². The molecule has 0 aliphatic carbocycles. The second-order valence-electron chi connectivity index (χ2n) is 6.36. The average molecular weight is 392 g/mol. The molecule has 1 fully saturated rings. The molecule has 0 bridgehead atoms. The van der Waals surface area contributed by atoms with Crippen LogP contribution < -0.4 is 4.72 Å². The Kier molecular flexibility index (Phi) is 5.76. The minimum Gasteiger partial charge on any atom is -0.381 e. The maximum Gasteiger partial charge on any atom is 0.261 e. The number of benzene rings is 2. The van der Waals surface area contributed by atoms with E-state index in [4.69, 9.17) is 4.74 Å². The molecule has 0 spiro atoms. The number of ether oxygens (including phenoxy) is 1. The van der Waals surface area contributed by atoms with E-state index in [0.717, 1.165) is 12.8 Å². The number of hydrogen-bond acceptors (Lipinski definition) is 4. The van der Waals surface area contributed by atoms with Crippen LogP contribution in [0.2, 0.25) is 0 Å². The number of methoxy groups -OCH3 is 1. The number of nitrogens with one attached hydrogen (secondary N) is 1. The van der Waals surface area contributed by atoms with Crippen molar-refractivity contribution in [3.63, 3.8) is 0 Å². The second kappa shape index (κ2) is 8.06. The van der Waals surface area contributed by atoms with Crippen LogP contribution in [-0.2, 0) is 14.8 Å². The summed E-state index contributed by atoms with van der Waals surface area (Å²) in [6.07, 6.45) is 1.76. The summed E-state index contributed by atoms with van der Waals surface area (Å²) in [5.41, 5.74) is 0.698. The van der Waals surface area contributed by atoms with Gasteiger partial charge in [-0.1, -0.05) is 0 Å². The van der Waals surface area contributed by atoms with Crippen molar-refractivity contribution in [1.82, 2.24) is 4.90 Å². The lowest BCUT2D eigenvalue weighted by Crippen LogP contribution is -2.40. The van der Waals surface area contributed by atoms with Crippen LogP contribution in [-0.4, -0.2) is 45.5 Å². The van der Waals surface area contributed by atoms with Gasteiger partial charge < -0.3 is 9.64 Å². The van der Waals surface area contributed by atoms with E-state index in [1.54, 1.807) is 12.0 Å². The topological polar surface area (TPSA) is 75.7 Å². The molecule has 1 N–H and O–H groups in total. The van der Waals surface area contributed by atoms with E-state index in [2.05, 4.69) is 4.72 Å². The Morgan fingerprint density at radius 2 is 1.67 bits per heavy atom. The van der Waals surface area contributed by atoms with Crippen molar-refractivity contribution in [3.8, 4) is 0 Å². The predicted octanol–water partition coefficient (Wildman–Crippen LogP) is 2.88. The number of anilines is 1. The van der Waals surface area contributed by atoms with Crippen LogP contribution in [0.4, 0.5) is 10.1 Å². The Morgan fingerprint density at radius 1 is 1.07 bits per heavy atom. The molecule has 0 radical (unpaired) electrons. The fourth-order valence-electron chi connectivity index (χ4n) is 2.99. The lowest BCUT2D eigenvalue weighted by molar-refractivity contribution is 0.0350. The van der Waals surface area contributed by atoms with E-state index in [9.17, 15) is 17.6 Å². The largest absolute Gasteiger partial charge is 0.381 e. The summed E-state index contributed by atoms with van der Waals surface area (Å²) in [7, 11) is -2.15. The molecule has 1 heterocycles. The molecule has 0 saturated carbocycles. The van der Waals surface area contributed by atoms with Crippen molar-refractivity contribution in [2.24, 2.45) is 0 Å². The van der Waals surface area contributed by atoms with Gasteiger partial charge in [-0.2, -0.15) is 0 Å². The van der Waals surface area contributed by atoms with E-state index in [1.807, 2.05) is 0 Å². The molecule has 2 aromatic carbocycles. The molecule has 8 heteroatoms. The van der Waals surface area contributed by atoms with Gasteiger partial charge in [0.05, 0.1) is 11.0 Å². The predicted molar refractivity (Wildman–Crippen MR) is 99.6 cm³/mol. The highest BCUT2D eigenvalue weighted by atomic mass is 32.2. The van der Waals surface area contributed by atoms with Crippen LogP contribution in [0.15, 0.2) is 53.4 Å². The molecule has 2 aromatic rings. The van der Waals surface area contributed by atoms with Gasteiger partial charge in [-0.3, -0.25) is 9.52 Å². The second-order valence-corrected chi connectivity index (χ2v) is 8.05. The third kappa shape index (κ3) is 4.64. The molecule has 6 nitrogen and oxygen atoms in total. The van der Waals surface area contributed by atoms with Gasteiger partial charge >= 0.3 is 0 Å². The Morgan fingerprint density at radius 3 is 2.22 bits per heavy atom. The first-order valence-electron chi connectivity index (χ1n) is 8.59. The number of carbonyl (C=O) groups excluding carboxylic acids is 1. The SMILES string of the molecule is COC1CCN(C(=O)c2ccc(S(=O)(=O)Nc3ccc(F)cc3)cc2)CC1. The zero-order chi connectivity index (χ0) is 19.4. The van der Waals surface area contributed by atoms with Gasteiger partial charge in [0, 0.05) is 31.5 Å². The number of likely N-dealkylation sites (tertiary alicyclic amines) is 1. The van der Waals surface area contributed by atoms with E-state index in [0.29, 0.717) is 18.7 Å². The number of rotatable bonds is 5. The Hall–Kier alpha value is -2.45. The average Bonchev–Trinajstić information content (AvgIpc) is 2.69. The highest BCUT2D eigenvalue weighted by Gasteiger charge is 2.24. The van der Waals surface area contributed by atoms with Crippen LogP contribution in [0, 0.1) is 5.82 Å². The first-order valence-corrected chi connectivity index (χ1v) is 10.1. The molecule has 1 aliphatic heterocycles. The smallest absolute Gasteiger partial charge is 0.261 e. The molecular weight excluding hydrogens is 371 g/mol. The quantitative estimate of drug-likeness (QED) is 0.849. The van der Waals surface area contributed by atoms with Crippen molar-refractivity contribution in [2.45, 2.75) is 23.8 Å². The number of piperidine rings is 1. The van der Waals surface area contributed by atoms with E-state index < -0.39 is 15.8 Å². The molecule has 1 saturated heterocycles. The van der Waals surface area contributed by atoms with E-state index in [-0.39, 0.29) is 22.6 Å². The fraction of sp³-hybridized carbons (Fsp3) is 0.316. The fourth-order valence-corrected chi connectivity index (χ4v) is 4.04. The number of amides is 1. The highest BCUT2D eigenvalue weighted by Crippen LogP contribution is 2.19. The van der Waals surface area contributed by atoms with Gasteiger partial charge in [0.2, 0.25) is 0 Å². The summed E-state index contributed by atoms with van der Waals surface area (Å²) in [6.45, 7) is 1.23. The maximum atomic E-state index is 12.9. The lowest BCUT2D eigenvalue weighted by Gasteiger charge is -2.31. The standard InChI is InChI=1S/C19H21FN2O4S/c1-26-17-10-12-22(13-11-17)19(23)14-2-8-18(9-3-14)27(24,25)21-16-6-4-15(20)5-7-16/h2-9,17,21H,10-13H2,1H3. The first-order chi connectivity index (χ1) is 12.9. The van der Waals surface area contributed by atoms with E-state index >= 15 is 0 Å². The number of halogens is 1. The van der Waals surface area contributed by atoms with Crippen molar-refractivity contribution in [3.05, 3.63) is 59.9 Å². The number of carbonyl (C=O) groups is 1. The molecule has 1 amide bonds. The zero-order valence-electron chi connectivity index (χ0n) is 14.9. The molecule has 144 valence electrons. The van der Waals surface area contributed by atoms with Crippen LogP contribution in [0.25, 0.3) is 0 Å². The maximum absolute atomic E-state index is 12.9. The summed E-state index contributed by atoms with van der Waals surface area (Å²) in [5, 5.41) is 0. The van der Waals surface area contributed by atoms with Crippen LogP contribution >= 0.6 is 0 Å². The molecule has 3 rings (SSSR count). The lowest BCUT2D eigenvalue weighted by atomic mass is 10.1. The summed E-state index contributed by atoms with van der Waals surface area (Å²) in [4.78, 5) is 14.3. The highest BCUT2D eigenvalue weighted by molar-refractivity contribution is 7.92. The Labute approximate surface area is 158 Å². The van der Waals surface area contributed by atoms with Crippen molar-refractivity contribution >= 4 is 21.6 Å². The minimum absolute atomic E-state index is 0.0291. The number of sulfonamides is 1. The zero-order valence-corrected chi connectivity index (χ0v) is 15.7. The normalized spacial score (nSPS) is 15.6. The van der Waals surface area contributed by atoms with Crippen LogP contribution in [0.5, 0.6) is 0 Å². The van der Waals surface area contributed by atoms with Crippen LogP contribution in [0.3, 0.4) is 0 Å². The molecule has 0 unspecified atom stereocenters. The number of hydrogen-bond donors (Lipinski definition) is 1. The van der Waals surface area contributed by atoms with Gasteiger partial charge in [0.1, 0.15) is 5.82 Å². The van der Waals surface area contributed by atoms with Crippen molar-refractivity contribution in [1.29, 1.82) is 0 Å². The molecule has 0 aromatic heterocycles. The summed E-state index contributed by atoms with van der Waals surface area (Å²) in [5.74, 6) is -0.574. The summed E-state index contributed by atoms with van der Waals surface area (Å²) >= 11 is 0. The monoisotopic (exact) mass is 392 g/mol. The Balaban J connectivity index is 1.69.